The van der Waals surface area contributed by atoms with Crippen LogP contribution < -0.4 is 15.9 Å². The molecule has 0 radical (unpaired) electrons. The van der Waals surface area contributed by atoms with Crippen LogP contribution in [0.3, 0.4) is 0 Å². The molecule has 2 saturated heterocycles. The normalized spacial score (nSPS) is 31.4. The van der Waals surface area contributed by atoms with Gasteiger partial charge in [0, 0.05) is 18.5 Å². The van der Waals surface area contributed by atoms with Crippen molar-refractivity contribution in [3.05, 3.63) is 88.0 Å². The standard InChI is InChI=1S/C64H103N2O10P/c1-17-55-64(14,73)59(70)50(12)66(39-46(8)38-63(13,72)60(48(10)57(68)49(11)61(71)75-55)76-62-58(69)54(65(15)16)37-47(9)74-62)56(67)26-24-22-20-18-19-21-23-25-27-77(51-31-40(2)28-41(3)32-51,52-33-42(4)29-43(5)34-52)53-35-44(6)30-45(7)36-53/h28-36,46-50,54-55,57-60,62,68-70,72-73,77H,17-27,37-39H2,1-16H3/t46-,47-,48+,49-,50-,54+,55-,57+,58-,59-,60-,62+,63-,64-/m1/s1. The Morgan fingerprint density at radius 3 is 1.62 bits per heavy atom. The molecular formula is C64H103N2O10P. The van der Waals surface area contributed by atoms with Crippen molar-refractivity contribution in [3.8, 4) is 0 Å². The van der Waals surface area contributed by atoms with Gasteiger partial charge in [0.05, 0.1) is 35.9 Å². The quantitative estimate of drug-likeness (QED) is 0.0469. The molecule has 2 aliphatic heterocycles. The first-order chi connectivity index (χ1) is 36.0. The number of hydrogen-bond donors (Lipinski definition) is 5. The van der Waals surface area contributed by atoms with Crippen molar-refractivity contribution >= 4 is 35.1 Å². The third-order valence-corrected chi connectivity index (χ3v) is 22.3. The number of nitrogens with zero attached hydrogens (tertiary/aromatic N) is 2. The molecule has 2 fully saturated rings. The van der Waals surface area contributed by atoms with Crippen molar-refractivity contribution in [2.45, 2.75) is 240 Å². The molecular weight excluding hydrogens is 988 g/mol. The number of aliphatic hydroxyl groups is 5. The number of unbranched alkanes of at least 4 members (excludes halogenated alkanes) is 7. The zero-order valence-electron chi connectivity index (χ0n) is 50.2. The average molecular weight is 1090 g/mol. The van der Waals surface area contributed by atoms with Crippen LogP contribution in [0.25, 0.3) is 0 Å². The third kappa shape index (κ3) is 16.2. The minimum atomic E-state index is -2.44. The van der Waals surface area contributed by atoms with E-state index in [1.165, 1.54) is 63.1 Å². The second kappa shape index (κ2) is 27.9. The van der Waals surface area contributed by atoms with Gasteiger partial charge >= 0.3 is 238 Å². The van der Waals surface area contributed by atoms with E-state index in [0.717, 1.165) is 51.1 Å². The zero-order chi connectivity index (χ0) is 57.3. The summed E-state index contributed by atoms with van der Waals surface area (Å²) in [7, 11) is 1.31. The number of esters is 1. The van der Waals surface area contributed by atoms with Crippen LogP contribution in [0.2, 0.25) is 0 Å². The van der Waals surface area contributed by atoms with Crippen molar-refractivity contribution in [1.29, 1.82) is 0 Å². The first-order valence-electron chi connectivity index (χ1n) is 29.3. The van der Waals surface area contributed by atoms with Gasteiger partial charge in [-0.3, -0.25) is 4.79 Å². The van der Waals surface area contributed by atoms with Gasteiger partial charge < -0.3 is 44.6 Å². The minimum Gasteiger partial charge on any atom is -0.388 e. The number of rotatable bonds is 18. The van der Waals surface area contributed by atoms with Gasteiger partial charge in [-0.25, -0.2) is 0 Å². The topological polar surface area (TPSA) is 169 Å². The Kier molecular flexibility index (Phi) is 23.4. The van der Waals surface area contributed by atoms with Crippen LogP contribution in [0.4, 0.5) is 0 Å². The smallest absolute Gasteiger partial charge is 0.126 e. The summed E-state index contributed by atoms with van der Waals surface area (Å²) < 4.78 is 18.6. The van der Waals surface area contributed by atoms with Crippen LogP contribution in [0.5, 0.6) is 0 Å². The molecule has 13 heteroatoms. The molecule has 2 aliphatic rings. The van der Waals surface area contributed by atoms with E-state index < -0.39 is 79.1 Å². The Balaban J connectivity index is 1.28. The van der Waals surface area contributed by atoms with Crippen LogP contribution in [0.1, 0.15) is 166 Å². The van der Waals surface area contributed by atoms with E-state index in [2.05, 4.69) is 96.1 Å². The predicted molar refractivity (Wildman–Crippen MR) is 315 cm³/mol. The number of likely N-dealkylation sites (N-methyl/N-ethyl adjacent to an activating group) is 1. The van der Waals surface area contributed by atoms with E-state index >= 15 is 0 Å². The fourth-order valence-electron chi connectivity index (χ4n) is 13.3. The largest absolute Gasteiger partial charge is 0.388 e. The van der Waals surface area contributed by atoms with Crippen LogP contribution in [0.15, 0.2) is 54.6 Å². The molecule has 3 aromatic rings. The maximum absolute atomic E-state index is 14.5. The van der Waals surface area contributed by atoms with Gasteiger partial charge in [-0.1, -0.05) is 20.8 Å². The minimum absolute atomic E-state index is 0.0928. The van der Waals surface area contributed by atoms with Crippen molar-refractivity contribution in [2.24, 2.45) is 17.8 Å². The fraction of sp³-hybridized carbons (Fsp3) is 0.688. The number of carbonyl (C=O) groups excluding carboxylic acids is 2. The number of aliphatic hydroxyl groups excluding tert-OH is 3. The van der Waals surface area contributed by atoms with E-state index in [-0.39, 0.29) is 49.8 Å². The number of aryl methyl sites for hydroxylation is 6. The number of carbonyl (C=O) groups is 2. The Morgan fingerprint density at radius 1 is 0.714 bits per heavy atom. The van der Waals surface area contributed by atoms with Crippen LogP contribution >= 0.6 is 7.26 Å². The molecule has 5 rings (SSSR count). The second-order valence-corrected chi connectivity index (χ2v) is 29.1. The van der Waals surface area contributed by atoms with Crippen LogP contribution in [-0.4, -0.2) is 140 Å². The fourth-order valence-corrected chi connectivity index (χ4v) is 18.8. The summed E-state index contributed by atoms with van der Waals surface area (Å²) in [6, 6.07) is 20.4. The van der Waals surface area contributed by atoms with Gasteiger partial charge in [0.1, 0.15) is 23.9 Å². The number of hydrogen-bond acceptors (Lipinski definition) is 11. The summed E-state index contributed by atoms with van der Waals surface area (Å²) in [5.41, 5.74) is 4.22. The molecule has 14 atom stereocenters. The number of cyclic esters (lactones) is 1. The molecule has 0 aromatic heterocycles. The molecule has 0 aliphatic carbocycles. The molecule has 0 saturated carbocycles. The maximum atomic E-state index is 14.5. The molecule has 0 spiro atoms. The van der Waals surface area contributed by atoms with Gasteiger partial charge in [0.25, 0.3) is 0 Å². The molecule has 0 bridgehead atoms. The summed E-state index contributed by atoms with van der Waals surface area (Å²) >= 11 is 0. The maximum Gasteiger partial charge on any atom is 0.126 e. The summed E-state index contributed by atoms with van der Waals surface area (Å²) in [4.78, 5) is 31.8. The van der Waals surface area contributed by atoms with Gasteiger partial charge in [-0.15, -0.1) is 0 Å². The molecule has 1 amide bonds. The van der Waals surface area contributed by atoms with Crippen molar-refractivity contribution in [3.63, 3.8) is 0 Å². The van der Waals surface area contributed by atoms with E-state index in [1.54, 1.807) is 32.6 Å². The zero-order valence-corrected chi connectivity index (χ0v) is 51.2. The van der Waals surface area contributed by atoms with Crippen molar-refractivity contribution < 1.29 is 49.3 Å². The average Bonchev–Trinajstić information content (AvgIpc) is 3.33. The monoisotopic (exact) mass is 1090 g/mol. The predicted octanol–water partition coefficient (Wildman–Crippen LogP) is 8.96. The summed E-state index contributed by atoms with van der Waals surface area (Å²) in [6.07, 6.45) is 2.62. The summed E-state index contributed by atoms with van der Waals surface area (Å²) in [5, 5.41) is 64.3. The Hall–Kier alpha value is -3.29. The van der Waals surface area contributed by atoms with E-state index in [9.17, 15) is 35.1 Å². The molecule has 0 unspecified atom stereocenters. The van der Waals surface area contributed by atoms with Crippen molar-refractivity contribution in [2.75, 3.05) is 26.8 Å². The SMILES string of the molecule is CC[C@H]1OC(=O)[C@H](C)[C@@H](O)[C@H](C)[C@@H](O[C@@H]2O[C@H](C)C[C@H](N(C)C)[C@H]2O)[C@](C)(O)C[C@@H](C)CN(C(=O)CCCCCCCCCC[PH](c2cc(C)cc(C)c2)(c2cc(C)cc(C)c2)c2cc(C)cc(C)c2)[C@H](C)[C@@H](O)[C@]1(C)O. The van der Waals surface area contributed by atoms with Crippen LogP contribution in [-0.2, 0) is 23.8 Å². The van der Waals surface area contributed by atoms with E-state index in [1.807, 2.05) is 32.8 Å². The number of amides is 1. The summed E-state index contributed by atoms with van der Waals surface area (Å²) in [6.45, 7) is 27.0. The van der Waals surface area contributed by atoms with E-state index in [4.69, 9.17) is 14.2 Å². The van der Waals surface area contributed by atoms with E-state index in [0.29, 0.717) is 12.8 Å². The van der Waals surface area contributed by atoms with Crippen molar-refractivity contribution in [1.82, 2.24) is 9.80 Å². The second-order valence-electron chi connectivity index (χ2n) is 25.1. The van der Waals surface area contributed by atoms with Gasteiger partial charge in [-0.2, -0.15) is 0 Å². The van der Waals surface area contributed by atoms with Gasteiger partial charge in [-0.05, 0) is 73.9 Å². The Bertz CT molecular complexity index is 2200. The molecule has 434 valence electrons. The molecule has 2 heterocycles. The molecule has 12 nitrogen and oxygen atoms in total. The number of ether oxygens (including phenoxy) is 3. The van der Waals surface area contributed by atoms with Gasteiger partial charge in [0.2, 0.25) is 0 Å². The first kappa shape index (κ1) is 64.5. The third-order valence-electron chi connectivity index (χ3n) is 17.3. The Morgan fingerprint density at radius 2 is 1.17 bits per heavy atom. The summed E-state index contributed by atoms with van der Waals surface area (Å²) in [5.74, 6) is -3.34. The molecule has 3 aromatic carbocycles. The molecule has 77 heavy (non-hydrogen) atoms. The Labute approximate surface area is 465 Å². The first-order valence-corrected chi connectivity index (χ1v) is 31.5. The number of benzene rings is 3. The van der Waals surface area contributed by atoms with Gasteiger partial charge in [0.15, 0.2) is 6.29 Å². The molecule has 5 N–H and O–H groups in total. The van der Waals surface area contributed by atoms with Crippen LogP contribution in [0, 0.1) is 59.3 Å².